The molecule has 1 aromatic carbocycles. The third kappa shape index (κ3) is 2.28. The number of fused-ring (bicyclic) bond motifs is 1. The molecule has 1 saturated carbocycles. The van der Waals surface area contributed by atoms with Crippen molar-refractivity contribution in [3.63, 3.8) is 0 Å². The molecule has 2 aliphatic rings. The molecule has 3 rings (SSSR count). The number of benzene rings is 1. The van der Waals surface area contributed by atoms with E-state index in [1.807, 2.05) is 0 Å². The lowest BCUT2D eigenvalue weighted by Gasteiger charge is -2.24. The van der Waals surface area contributed by atoms with E-state index in [-0.39, 0.29) is 6.10 Å². The molecule has 90 valence electrons. The Morgan fingerprint density at radius 1 is 1.24 bits per heavy atom. The fraction of sp³-hybridized carbons (Fsp3) is 0.467. The molecule has 0 amide bonds. The van der Waals surface area contributed by atoms with Crippen LogP contribution in [0.25, 0.3) is 0 Å². The number of nitrogens with two attached hydrogens (primary N) is 1. The molecule has 1 aliphatic heterocycles. The Morgan fingerprint density at radius 3 is 2.94 bits per heavy atom. The molecule has 1 heterocycles. The Labute approximate surface area is 102 Å². The van der Waals surface area contributed by atoms with Crippen molar-refractivity contribution in [2.45, 2.75) is 37.8 Å². The Bertz CT molecular complexity index is 438. The summed E-state index contributed by atoms with van der Waals surface area (Å²) in [6, 6.07) is 8.97. The second-order valence-corrected chi connectivity index (χ2v) is 5.07. The molecule has 2 heteroatoms. The first-order valence-electron chi connectivity index (χ1n) is 6.47. The van der Waals surface area contributed by atoms with Crippen LogP contribution >= 0.6 is 0 Å². The van der Waals surface area contributed by atoms with Gasteiger partial charge in [0.25, 0.3) is 0 Å². The van der Waals surface area contributed by atoms with Gasteiger partial charge in [0.05, 0.1) is 6.61 Å². The lowest BCUT2D eigenvalue weighted by Crippen LogP contribution is -2.15. The van der Waals surface area contributed by atoms with Gasteiger partial charge in [0.1, 0.15) is 6.10 Å². The van der Waals surface area contributed by atoms with E-state index in [1.165, 1.54) is 16.7 Å². The first-order valence-corrected chi connectivity index (χ1v) is 6.47. The standard InChI is InChI=1S/C15H19NO/c16-13-6-5-11(9-13)10-15-14-4-2-1-3-12(14)7-8-17-15/h1-4,10,13,15H,5-9,16H2/b11-10-. The Hall–Kier alpha value is -1.12. The smallest absolute Gasteiger partial charge is 0.101 e. The fourth-order valence-corrected chi connectivity index (χ4v) is 2.84. The minimum Gasteiger partial charge on any atom is -0.369 e. The highest BCUT2D eigenvalue weighted by Crippen LogP contribution is 2.32. The highest BCUT2D eigenvalue weighted by atomic mass is 16.5. The molecular weight excluding hydrogens is 210 g/mol. The molecule has 2 nitrogen and oxygen atoms in total. The summed E-state index contributed by atoms with van der Waals surface area (Å²) in [4.78, 5) is 0. The van der Waals surface area contributed by atoms with Gasteiger partial charge in [-0.25, -0.2) is 0 Å². The maximum Gasteiger partial charge on any atom is 0.101 e. The summed E-state index contributed by atoms with van der Waals surface area (Å²) < 4.78 is 5.88. The lowest BCUT2D eigenvalue weighted by atomic mass is 9.96. The fourth-order valence-electron chi connectivity index (χ4n) is 2.84. The molecule has 17 heavy (non-hydrogen) atoms. The van der Waals surface area contributed by atoms with Gasteiger partial charge in [-0.05, 0) is 36.8 Å². The summed E-state index contributed by atoms with van der Waals surface area (Å²) in [5, 5.41) is 0. The molecule has 1 aliphatic carbocycles. The molecule has 2 atom stereocenters. The summed E-state index contributed by atoms with van der Waals surface area (Å²) in [6.07, 6.45) is 6.80. The zero-order valence-electron chi connectivity index (χ0n) is 10.1. The Balaban J connectivity index is 1.86. The molecule has 0 bridgehead atoms. The van der Waals surface area contributed by atoms with Crippen molar-refractivity contribution >= 4 is 0 Å². The molecular formula is C15H19NO. The normalized spacial score (nSPS) is 30.5. The maximum atomic E-state index is 5.94. The Kier molecular flexibility index (Phi) is 3.00. The molecule has 2 N–H and O–H groups in total. The SMILES string of the molecule is NC1CC/C(=C/C2OCCc3ccccc32)C1. The van der Waals surface area contributed by atoms with Crippen LogP contribution in [0.3, 0.4) is 0 Å². The van der Waals surface area contributed by atoms with Crippen LogP contribution in [0.2, 0.25) is 0 Å². The number of hydrogen-bond acceptors (Lipinski definition) is 2. The Morgan fingerprint density at radius 2 is 2.12 bits per heavy atom. The van der Waals surface area contributed by atoms with Crippen LogP contribution in [-0.4, -0.2) is 12.6 Å². The number of hydrogen-bond donors (Lipinski definition) is 1. The minimum atomic E-state index is 0.153. The molecule has 0 spiro atoms. The van der Waals surface area contributed by atoms with Crippen molar-refractivity contribution in [2.24, 2.45) is 5.73 Å². The van der Waals surface area contributed by atoms with E-state index in [2.05, 4.69) is 30.3 Å². The predicted molar refractivity (Wildman–Crippen MR) is 68.7 cm³/mol. The van der Waals surface area contributed by atoms with E-state index in [4.69, 9.17) is 10.5 Å². The first kappa shape index (κ1) is 11.0. The van der Waals surface area contributed by atoms with E-state index < -0.39 is 0 Å². The third-order valence-corrected chi connectivity index (χ3v) is 3.78. The highest BCUT2D eigenvalue weighted by molar-refractivity contribution is 5.34. The monoisotopic (exact) mass is 229 g/mol. The van der Waals surface area contributed by atoms with Crippen LogP contribution in [0, 0.1) is 0 Å². The van der Waals surface area contributed by atoms with Crippen molar-refractivity contribution in [2.75, 3.05) is 6.61 Å². The summed E-state index contributed by atoms with van der Waals surface area (Å²) in [5.74, 6) is 0. The van der Waals surface area contributed by atoms with Crippen LogP contribution in [0.5, 0.6) is 0 Å². The van der Waals surface area contributed by atoms with Crippen molar-refractivity contribution in [3.8, 4) is 0 Å². The van der Waals surface area contributed by atoms with Crippen LogP contribution in [0.15, 0.2) is 35.9 Å². The summed E-state index contributed by atoms with van der Waals surface area (Å²) in [5.41, 5.74) is 10.2. The summed E-state index contributed by atoms with van der Waals surface area (Å²) in [6.45, 7) is 0.831. The van der Waals surface area contributed by atoms with Crippen LogP contribution < -0.4 is 5.73 Å². The van der Waals surface area contributed by atoms with Crippen molar-refractivity contribution in [1.29, 1.82) is 0 Å². The maximum absolute atomic E-state index is 5.94. The van der Waals surface area contributed by atoms with Gasteiger partial charge in [0.15, 0.2) is 0 Å². The first-order chi connectivity index (χ1) is 8.33. The second-order valence-electron chi connectivity index (χ2n) is 5.07. The highest BCUT2D eigenvalue weighted by Gasteiger charge is 2.21. The molecule has 0 radical (unpaired) electrons. The van der Waals surface area contributed by atoms with Crippen LogP contribution in [0.4, 0.5) is 0 Å². The molecule has 1 fully saturated rings. The van der Waals surface area contributed by atoms with Gasteiger partial charge >= 0.3 is 0 Å². The summed E-state index contributed by atoms with van der Waals surface area (Å²) in [7, 11) is 0. The largest absolute Gasteiger partial charge is 0.369 e. The van der Waals surface area contributed by atoms with Crippen molar-refractivity contribution in [1.82, 2.24) is 0 Å². The molecule has 0 aromatic heterocycles. The van der Waals surface area contributed by atoms with E-state index in [9.17, 15) is 0 Å². The quantitative estimate of drug-likeness (QED) is 0.751. The molecule has 2 unspecified atom stereocenters. The van der Waals surface area contributed by atoms with E-state index in [1.54, 1.807) is 0 Å². The zero-order chi connectivity index (χ0) is 11.7. The van der Waals surface area contributed by atoms with Crippen LogP contribution in [-0.2, 0) is 11.2 Å². The van der Waals surface area contributed by atoms with E-state index in [0.29, 0.717) is 6.04 Å². The van der Waals surface area contributed by atoms with Gasteiger partial charge in [-0.1, -0.05) is 35.9 Å². The van der Waals surface area contributed by atoms with Crippen molar-refractivity contribution < 1.29 is 4.74 Å². The van der Waals surface area contributed by atoms with Crippen LogP contribution in [0.1, 0.15) is 36.5 Å². The molecule has 0 saturated heterocycles. The second kappa shape index (κ2) is 4.63. The third-order valence-electron chi connectivity index (χ3n) is 3.78. The number of ether oxygens (including phenoxy) is 1. The van der Waals surface area contributed by atoms with Gasteiger partial charge in [-0.2, -0.15) is 0 Å². The molecule has 1 aromatic rings. The van der Waals surface area contributed by atoms with Gasteiger partial charge in [-0.3, -0.25) is 0 Å². The lowest BCUT2D eigenvalue weighted by molar-refractivity contribution is 0.0743. The minimum absolute atomic E-state index is 0.153. The average molecular weight is 229 g/mol. The van der Waals surface area contributed by atoms with E-state index in [0.717, 1.165) is 32.3 Å². The average Bonchev–Trinajstić information content (AvgIpc) is 2.75. The van der Waals surface area contributed by atoms with Gasteiger partial charge in [-0.15, -0.1) is 0 Å². The summed E-state index contributed by atoms with van der Waals surface area (Å²) >= 11 is 0. The van der Waals surface area contributed by atoms with E-state index >= 15 is 0 Å². The van der Waals surface area contributed by atoms with Crippen molar-refractivity contribution in [3.05, 3.63) is 47.0 Å². The van der Waals surface area contributed by atoms with Gasteiger partial charge < -0.3 is 10.5 Å². The number of rotatable bonds is 1. The predicted octanol–water partition coefficient (Wildman–Crippen LogP) is 2.74. The van der Waals surface area contributed by atoms with Gasteiger partial charge in [0, 0.05) is 6.04 Å². The topological polar surface area (TPSA) is 35.2 Å². The zero-order valence-corrected chi connectivity index (χ0v) is 10.1. The van der Waals surface area contributed by atoms with Gasteiger partial charge in [0.2, 0.25) is 0 Å².